The highest BCUT2D eigenvalue weighted by atomic mass is 15.0. The van der Waals surface area contributed by atoms with Crippen LogP contribution >= 0.6 is 0 Å². The van der Waals surface area contributed by atoms with Crippen molar-refractivity contribution in [2.45, 2.75) is 6.54 Å². The summed E-state index contributed by atoms with van der Waals surface area (Å²) in [6, 6.07) is 8.49. The van der Waals surface area contributed by atoms with Crippen molar-refractivity contribution in [1.82, 2.24) is 4.90 Å². The molecule has 2 nitrogen and oxygen atoms in total. The van der Waals surface area contributed by atoms with Crippen molar-refractivity contribution in [2.75, 3.05) is 20.6 Å². The lowest BCUT2D eigenvalue weighted by molar-refractivity contribution is 0.402. The fourth-order valence-corrected chi connectivity index (χ4v) is 1.36. The standard InChI is InChI=1S/C12H18N2/c1-14(2)10-12-6-3-5-11(9-12)7-4-8-13/h3-7,9H,8,10,13H2,1-2H3/b7-4+. The first kappa shape index (κ1) is 11.0. The van der Waals surface area contributed by atoms with Crippen LogP contribution in [0, 0.1) is 0 Å². The average Bonchev–Trinajstić information content (AvgIpc) is 2.14. The van der Waals surface area contributed by atoms with Gasteiger partial charge in [0.25, 0.3) is 0 Å². The van der Waals surface area contributed by atoms with Crippen LogP contribution in [0.2, 0.25) is 0 Å². The van der Waals surface area contributed by atoms with Crippen molar-refractivity contribution in [3.8, 4) is 0 Å². The number of nitrogens with zero attached hydrogens (tertiary/aromatic N) is 1. The Morgan fingerprint density at radius 1 is 1.36 bits per heavy atom. The van der Waals surface area contributed by atoms with Crippen LogP contribution in [0.3, 0.4) is 0 Å². The normalized spacial score (nSPS) is 11.4. The van der Waals surface area contributed by atoms with Gasteiger partial charge in [-0.1, -0.05) is 36.4 Å². The van der Waals surface area contributed by atoms with Crippen LogP contribution in [-0.2, 0) is 6.54 Å². The van der Waals surface area contributed by atoms with Gasteiger partial charge in [-0.15, -0.1) is 0 Å². The van der Waals surface area contributed by atoms with Crippen molar-refractivity contribution in [2.24, 2.45) is 5.73 Å². The maximum absolute atomic E-state index is 5.40. The van der Waals surface area contributed by atoms with Gasteiger partial charge in [-0.2, -0.15) is 0 Å². The molecular weight excluding hydrogens is 172 g/mol. The monoisotopic (exact) mass is 190 g/mol. The average molecular weight is 190 g/mol. The zero-order valence-corrected chi connectivity index (χ0v) is 8.90. The van der Waals surface area contributed by atoms with Crippen molar-refractivity contribution >= 4 is 6.08 Å². The van der Waals surface area contributed by atoms with Crippen LogP contribution in [0.4, 0.5) is 0 Å². The zero-order valence-electron chi connectivity index (χ0n) is 8.90. The van der Waals surface area contributed by atoms with Gasteiger partial charge in [0.2, 0.25) is 0 Å². The zero-order chi connectivity index (χ0) is 10.4. The third-order valence-corrected chi connectivity index (χ3v) is 1.90. The Hall–Kier alpha value is -1.12. The summed E-state index contributed by atoms with van der Waals surface area (Å²) in [5.41, 5.74) is 7.95. The highest BCUT2D eigenvalue weighted by molar-refractivity contribution is 5.50. The molecule has 2 N–H and O–H groups in total. The summed E-state index contributed by atoms with van der Waals surface area (Å²) in [5.74, 6) is 0. The molecule has 0 saturated carbocycles. The number of rotatable bonds is 4. The lowest BCUT2D eigenvalue weighted by atomic mass is 10.1. The third-order valence-electron chi connectivity index (χ3n) is 1.90. The quantitative estimate of drug-likeness (QED) is 0.783. The molecule has 0 radical (unpaired) electrons. The number of hydrogen-bond acceptors (Lipinski definition) is 2. The Morgan fingerprint density at radius 3 is 2.79 bits per heavy atom. The van der Waals surface area contributed by atoms with Crippen LogP contribution in [0.15, 0.2) is 30.3 Å². The van der Waals surface area contributed by atoms with Crippen molar-refractivity contribution < 1.29 is 0 Å². The van der Waals surface area contributed by atoms with Crippen LogP contribution < -0.4 is 5.73 Å². The molecule has 1 aromatic carbocycles. The van der Waals surface area contributed by atoms with Gasteiger partial charge in [0.1, 0.15) is 0 Å². The largest absolute Gasteiger partial charge is 0.327 e. The van der Waals surface area contributed by atoms with Crippen LogP contribution in [0.1, 0.15) is 11.1 Å². The molecule has 0 unspecified atom stereocenters. The van der Waals surface area contributed by atoms with E-state index in [1.165, 1.54) is 11.1 Å². The van der Waals surface area contributed by atoms with E-state index in [-0.39, 0.29) is 0 Å². The molecule has 0 aliphatic carbocycles. The molecule has 0 aliphatic rings. The number of nitrogens with two attached hydrogens (primary N) is 1. The number of benzene rings is 1. The minimum absolute atomic E-state index is 0.595. The molecule has 0 atom stereocenters. The lowest BCUT2D eigenvalue weighted by Gasteiger charge is -2.09. The first-order chi connectivity index (χ1) is 6.72. The van der Waals surface area contributed by atoms with E-state index in [2.05, 4.69) is 49.3 Å². The molecule has 0 fully saturated rings. The third kappa shape index (κ3) is 3.73. The molecule has 14 heavy (non-hydrogen) atoms. The predicted octanol–water partition coefficient (Wildman–Crippen LogP) is 1.72. The van der Waals surface area contributed by atoms with Gasteiger partial charge in [0.05, 0.1) is 0 Å². The second kappa shape index (κ2) is 5.58. The smallest absolute Gasteiger partial charge is 0.0227 e. The number of hydrogen-bond donors (Lipinski definition) is 1. The molecule has 2 heteroatoms. The highest BCUT2D eigenvalue weighted by Crippen LogP contribution is 2.08. The second-order valence-corrected chi connectivity index (χ2v) is 3.62. The second-order valence-electron chi connectivity index (χ2n) is 3.62. The van der Waals surface area contributed by atoms with Crippen LogP contribution in [-0.4, -0.2) is 25.5 Å². The van der Waals surface area contributed by atoms with Gasteiger partial charge in [0, 0.05) is 13.1 Å². The molecular formula is C12H18N2. The fraction of sp³-hybridized carbons (Fsp3) is 0.333. The van der Waals surface area contributed by atoms with E-state index in [4.69, 9.17) is 5.73 Å². The molecule has 1 aromatic rings. The van der Waals surface area contributed by atoms with Gasteiger partial charge in [-0.05, 0) is 25.2 Å². The summed E-state index contributed by atoms with van der Waals surface area (Å²) < 4.78 is 0. The maximum atomic E-state index is 5.40. The van der Waals surface area contributed by atoms with Gasteiger partial charge in [0.15, 0.2) is 0 Å². The molecule has 0 aromatic heterocycles. The summed E-state index contributed by atoms with van der Waals surface area (Å²) in [4.78, 5) is 2.16. The SMILES string of the molecule is CN(C)Cc1cccc(/C=C/CN)c1. The van der Waals surface area contributed by atoms with E-state index in [9.17, 15) is 0 Å². The van der Waals surface area contributed by atoms with E-state index in [0.29, 0.717) is 6.54 Å². The summed E-state index contributed by atoms with van der Waals surface area (Å²) >= 11 is 0. The van der Waals surface area contributed by atoms with Crippen molar-refractivity contribution in [3.63, 3.8) is 0 Å². The van der Waals surface area contributed by atoms with E-state index in [0.717, 1.165) is 6.54 Å². The van der Waals surface area contributed by atoms with Crippen molar-refractivity contribution in [1.29, 1.82) is 0 Å². The van der Waals surface area contributed by atoms with Crippen molar-refractivity contribution in [3.05, 3.63) is 41.5 Å². The summed E-state index contributed by atoms with van der Waals surface area (Å²) in [6.45, 7) is 1.57. The first-order valence-corrected chi connectivity index (χ1v) is 4.82. The molecule has 76 valence electrons. The Morgan fingerprint density at radius 2 is 2.14 bits per heavy atom. The summed E-state index contributed by atoms with van der Waals surface area (Å²) in [7, 11) is 4.14. The Labute approximate surface area is 86.0 Å². The molecule has 0 amide bonds. The Kier molecular flexibility index (Phi) is 4.36. The molecule has 0 bridgehead atoms. The Balaban J connectivity index is 2.73. The minimum Gasteiger partial charge on any atom is -0.327 e. The minimum atomic E-state index is 0.595. The predicted molar refractivity (Wildman–Crippen MR) is 61.9 cm³/mol. The molecule has 1 rings (SSSR count). The van der Waals surface area contributed by atoms with Crippen LogP contribution in [0.25, 0.3) is 6.08 Å². The summed E-state index contributed by atoms with van der Waals surface area (Å²) in [6.07, 6.45) is 4.02. The molecule has 0 heterocycles. The van der Waals surface area contributed by atoms with E-state index < -0.39 is 0 Å². The van der Waals surface area contributed by atoms with E-state index in [1.54, 1.807) is 0 Å². The van der Waals surface area contributed by atoms with Gasteiger partial charge in [-0.25, -0.2) is 0 Å². The molecule has 0 saturated heterocycles. The molecule has 0 spiro atoms. The lowest BCUT2D eigenvalue weighted by Crippen LogP contribution is -2.10. The van der Waals surface area contributed by atoms with Crippen LogP contribution in [0.5, 0.6) is 0 Å². The van der Waals surface area contributed by atoms with Gasteiger partial charge >= 0.3 is 0 Å². The van der Waals surface area contributed by atoms with Gasteiger partial charge in [-0.3, -0.25) is 0 Å². The highest BCUT2D eigenvalue weighted by Gasteiger charge is 1.94. The summed E-state index contributed by atoms with van der Waals surface area (Å²) in [5, 5.41) is 0. The molecule has 0 aliphatic heterocycles. The first-order valence-electron chi connectivity index (χ1n) is 4.82. The van der Waals surface area contributed by atoms with E-state index >= 15 is 0 Å². The topological polar surface area (TPSA) is 29.3 Å². The van der Waals surface area contributed by atoms with Gasteiger partial charge < -0.3 is 10.6 Å². The fourth-order valence-electron chi connectivity index (χ4n) is 1.36. The maximum Gasteiger partial charge on any atom is 0.0227 e. The van der Waals surface area contributed by atoms with E-state index in [1.807, 2.05) is 6.08 Å². The Bertz CT molecular complexity index is 303.